The summed E-state index contributed by atoms with van der Waals surface area (Å²) < 4.78 is 20.2. The first-order valence-corrected chi connectivity index (χ1v) is 12.1. The highest BCUT2D eigenvalue weighted by Crippen LogP contribution is 2.75. The number of hydrogen-bond donors (Lipinski definition) is 0. The van der Waals surface area contributed by atoms with E-state index in [4.69, 9.17) is 0 Å². The number of allylic oxidation sites excluding steroid dienone is 4. The summed E-state index contributed by atoms with van der Waals surface area (Å²) in [5, 5.41) is 0.972. The van der Waals surface area contributed by atoms with Crippen LogP contribution in [0.5, 0.6) is 0 Å². The van der Waals surface area contributed by atoms with E-state index in [1.54, 1.807) is 0 Å². The lowest BCUT2D eigenvalue weighted by molar-refractivity contribution is 0.579. The first kappa shape index (κ1) is 18.5. The maximum atomic E-state index is 15.1. The van der Waals surface area contributed by atoms with Crippen LogP contribution in [0, 0.1) is 0 Å². The smallest absolute Gasteiger partial charge is 0.270 e. The predicted octanol–water partition coefficient (Wildman–Crippen LogP) is 8.17. The molecule has 29 heavy (non-hydrogen) atoms. The highest BCUT2D eigenvalue weighted by molar-refractivity contribution is 9.10. The Morgan fingerprint density at radius 2 is 1.41 bits per heavy atom. The molecule has 0 aromatic heterocycles. The quantitative estimate of drug-likeness (QED) is 0.366. The molecule has 0 saturated carbocycles. The second-order valence-electron chi connectivity index (χ2n) is 7.10. The molecular weight excluding hydrogens is 443 g/mol. The van der Waals surface area contributed by atoms with E-state index in [2.05, 4.69) is 34.1 Å². The molecule has 1 aliphatic carbocycles. The van der Waals surface area contributed by atoms with Crippen LogP contribution < -0.4 is 9.34 Å². The van der Waals surface area contributed by atoms with Crippen LogP contribution in [0.15, 0.2) is 107 Å². The molecule has 1 atom stereocenters. The lowest BCUT2D eigenvalue weighted by Gasteiger charge is -2.35. The van der Waals surface area contributed by atoms with E-state index in [1.807, 2.05) is 88.2 Å². The van der Waals surface area contributed by atoms with Gasteiger partial charge in [-0.05, 0) is 55.3 Å². The van der Waals surface area contributed by atoms with E-state index in [0.717, 1.165) is 45.4 Å². The van der Waals surface area contributed by atoms with E-state index in [9.17, 15) is 0 Å². The molecule has 0 spiro atoms. The van der Waals surface area contributed by atoms with Gasteiger partial charge in [0.05, 0.1) is 11.4 Å². The van der Waals surface area contributed by atoms with E-state index in [-0.39, 0.29) is 0 Å². The molecule has 0 radical (unpaired) electrons. The van der Waals surface area contributed by atoms with Crippen LogP contribution in [0.4, 0.5) is 22.7 Å². The molecule has 0 amide bonds. The highest BCUT2D eigenvalue weighted by atomic mass is 79.9. The van der Waals surface area contributed by atoms with Crippen LogP contribution >= 0.6 is 23.4 Å². The normalized spacial score (nSPS) is 20.5. The third kappa shape index (κ3) is 2.99. The Labute approximate surface area is 179 Å². The zero-order valence-electron chi connectivity index (χ0n) is 15.8. The number of anilines is 4. The largest absolute Gasteiger partial charge is 0.297 e. The first-order chi connectivity index (χ1) is 14.2. The number of hydrogen-bond acceptors (Lipinski definition) is 1. The Kier molecular flexibility index (Phi) is 4.69. The topological polar surface area (TPSA) is 23.6 Å². The van der Waals surface area contributed by atoms with Crippen molar-refractivity contribution in [3.05, 3.63) is 107 Å². The van der Waals surface area contributed by atoms with E-state index >= 15 is 4.57 Å². The Morgan fingerprint density at radius 3 is 2.00 bits per heavy atom. The van der Waals surface area contributed by atoms with Gasteiger partial charge < -0.3 is 0 Å². The van der Waals surface area contributed by atoms with Crippen LogP contribution in [0.25, 0.3) is 0 Å². The van der Waals surface area contributed by atoms with Gasteiger partial charge in [0.15, 0.2) is 0 Å². The number of rotatable bonds is 3. The summed E-state index contributed by atoms with van der Waals surface area (Å²) in [6.45, 7) is 0. The minimum atomic E-state index is -3.16. The molecule has 1 unspecified atom stereocenters. The minimum absolute atomic E-state index is 0.787. The fourth-order valence-corrected chi connectivity index (χ4v) is 7.59. The van der Waals surface area contributed by atoms with Gasteiger partial charge in [-0.15, -0.1) is 0 Å². The molecule has 1 heterocycles. The summed E-state index contributed by atoms with van der Waals surface area (Å²) in [6, 6.07) is 26.2. The van der Waals surface area contributed by atoms with Gasteiger partial charge in [0, 0.05) is 21.2 Å². The average molecular weight is 463 g/mol. The van der Waals surface area contributed by atoms with Gasteiger partial charge in [-0.1, -0.05) is 70.6 Å². The third-order valence-electron chi connectivity index (χ3n) is 5.30. The molecule has 3 aromatic carbocycles. The van der Waals surface area contributed by atoms with Crippen LogP contribution in [0.1, 0.15) is 12.8 Å². The molecule has 0 N–H and O–H groups in total. The molecule has 5 heteroatoms. The summed E-state index contributed by atoms with van der Waals surface area (Å²) in [7, 11) is -3.16. The lowest BCUT2D eigenvalue weighted by atomic mass is 10.2. The van der Waals surface area contributed by atoms with E-state index in [0.29, 0.717) is 0 Å². The summed E-state index contributed by atoms with van der Waals surface area (Å²) in [4.78, 5) is 0. The summed E-state index contributed by atoms with van der Waals surface area (Å²) in [6.07, 6.45) is 7.90. The average Bonchev–Trinajstić information content (AvgIpc) is 3.04. The fraction of sp³-hybridized carbons (Fsp3) is 0.0833. The second-order valence-corrected chi connectivity index (χ2v) is 10.5. The molecule has 0 saturated heterocycles. The van der Waals surface area contributed by atoms with Gasteiger partial charge in [-0.2, -0.15) is 0 Å². The monoisotopic (exact) mass is 462 g/mol. The standard InChI is InChI=1S/C24H20BrN2OP/c25-19-16-17-23-24(18-19)27(21-12-6-2-7-13-21)29(28,22-14-8-3-9-15-22)26(23)20-10-4-1-5-11-20/h1-8,10-14,16-18H,9,15H2. The van der Waals surface area contributed by atoms with Crippen LogP contribution in [0.3, 0.4) is 0 Å². The second kappa shape index (κ2) is 7.37. The van der Waals surface area contributed by atoms with E-state index < -0.39 is 7.44 Å². The maximum absolute atomic E-state index is 15.1. The number of nitrogens with zero attached hydrogens (tertiary/aromatic N) is 2. The molecular formula is C24H20BrN2OP. The summed E-state index contributed by atoms with van der Waals surface area (Å²) in [5.41, 5.74) is 3.78. The Morgan fingerprint density at radius 1 is 0.793 bits per heavy atom. The molecule has 5 rings (SSSR count). The summed E-state index contributed by atoms with van der Waals surface area (Å²) >= 11 is 3.61. The van der Waals surface area contributed by atoms with Crippen LogP contribution in [-0.4, -0.2) is 0 Å². The molecule has 0 bridgehead atoms. The van der Waals surface area contributed by atoms with Gasteiger partial charge in [0.25, 0.3) is 7.44 Å². The first-order valence-electron chi connectivity index (χ1n) is 9.67. The molecule has 144 valence electrons. The van der Waals surface area contributed by atoms with Crippen molar-refractivity contribution in [1.29, 1.82) is 0 Å². The fourth-order valence-electron chi connectivity index (χ4n) is 4.05. The van der Waals surface area contributed by atoms with Crippen molar-refractivity contribution >= 4 is 46.1 Å². The number of para-hydroxylation sites is 2. The van der Waals surface area contributed by atoms with Gasteiger partial charge >= 0.3 is 0 Å². The molecule has 3 aromatic rings. The van der Waals surface area contributed by atoms with Crippen molar-refractivity contribution in [2.75, 3.05) is 9.34 Å². The molecule has 1 aliphatic heterocycles. The van der Waals surface area contributed by atoms with Crippen LogP contribution in [-0.2, 0) is 4.57 Å². The van der Waals surface area contributed by atoms with Gasteiger partial charge in [-0.3, -0.25) is 13.9 Å². The van der Waals surface area contributed by atoms with Crippen molar-refractivity contribution < 1.29 is 4.57 Å². The van der Waals surface area contributed by atoms with Crippen molar-refractivity contribution in [2.45, 2.75) is 12.8 Å². The molecule has 3 nitrogen and oxygen atoms in total. The zero-order valence-corrected chi connectivity index (χ0v) is 18.3. The Bertz CT molecular complexity index is 1160. The SMILES string of the molecule is O=P1(C2=CC=CCC2)N(c2ccccc2)c2ccc(Br)cc2N1c1ccccc1. The minimum Gasteiger partial charge on any atom is -0.270 e. The van der Waals surface area contributed by atoms with Gasteiger partial charge in [-0.25, -0.2) is 0 Å². The zero-order chi connectivity index (χ0) is 19.8. The van der Waals surface area contributed by atoms with Crippen molar-refractivity contribution in [2.24, 2.45) is 0 Å². The lowest BCUT2D eigenvalue weighted by Crippen LogP contribution is -2.19. The van der Waals surface area contributed by atoms with Crippen molar-refractivity contribution in [3.63, 3.8) is 0 Å². The number of halogens is 1. The van der Waals surface area contributed by atoms with Crippen molar-refractivity contribution in [1.82, 2.24) is 0 Å². The van der Waals surface area contributed by atoms with E-state index in [1.165, 1.54) is 0 Å². The van der Waals surface area contributed by atoms with Gasteiger partial charge in [0.1, 0.15) is 0 Å². The maximum Gasteiger partial charge on any atom is 0.297 e. The third-order valence-corrected chi connectivity index (χ3v) is 8.89. The van der Waals surface area contributed by atoms with Crippen LogP contribution in [0.2, 0.25) is 0 Å². The molecule has 2 aliphatic rings. The predicted molar refractivity (Wildman–Crippen MR) is 125 cm³/mol. The highest BCUT2D eigenvalue weighted by Gasteiger charge is 2.49. The molecule has 0 fully saturated rings. The Hall–Kier alpha value is -2.55. The summed E-state index contributed by atoms with van der Waals surface area (Å²) in [5.74, 6) is 0. The van der Waals surface area contributed by atoms with Gasteiger partial charge in [0.2, 0.25) is 0 Å². The Balaban J connectivity index is 1.83. The number of fused-ring (bicyclic) bond motifs is 1. The number of benzene rings is 3. The van der Waals surface area contributed by atoms with Crippen molar-refractivity contribution in [3.8, 4) is 0 Å².